The van der Waals surface area contributed by atoms with Crippen molar-refractivity contribution in [3.05, 3.63) is 90.5 Å². The Bertz CT molecular complexity index is 1360. The fourth-order valence-electron chi connectivity index (χ4n) is 7.20. The predicted molar refractivity (Wildman–Crippen MR) is 161 cm³/mol. The fraction of sp³-hybridized carbons (Fsp3) is 0.424. The summed E-state index contributed by atoms with van der Waals surface area (Å²) in [5.74, 6) is -2.38. The first-order valence-electron chi connectivity index (χ1n) is 14.1. The number of aryl methyl sites for hydroxylation is 2. The molecular formula is C33H38N2O5S. The molecule has 0 saturated carbocycles. The minimum Gasteiger partial charge on any atom is -0.461 e. The minimum atomic E-state index is -0.903. The van der Waals surface area contributed by atoms with Crippen LogP contribution >= 0.6 is 11.8 Å². The number of hydrogen-bond donors (Lipinski definition) is 1. The molecule has 5 rings (SSSR count). The zero-order chi connectivity index (χ0) is 29.5. The Hall–Kier alpha value is -3.36. The summed E-state index contributed by atoms with van der Waals surface area (Å²) in [7, 11) is 0. The monoisotopic (exact) mass is 574 g/mol. The molecule has 2 aromatic carbocycles. The number of likely N-dealkylation sites (tertiary alicyclic amines) is 1. The zero-order valence-corrected chi connectivity index (χ0v) is 24.7. The van der Waals surface area contributed by atoms with Crippen LogP contribution in [0.1, 0.15) is 36.1 Å². The Morgan fingerprint density at radius 2 is 1.93 bits per heavy atom. The van der Waals surface area contributed by atoms with E-state index in [1.54, 1.807) is 27.6 Å². The number of rotatable bonds is 10. The summed E-state index contributed by atoms with van der Waals surface area (Å²) in [6.45, 7) is 13.5. The number of amides is 2. The molecule has 3 aliphatic heterocycles. The van der Waals surface area contributed by atoms with Gasteiger partial charge in [0.05, 0.1) is 29.2 Å². The van der Waals surface area contributed by atoms with Crippen molar-refractivity contribution in [1.29, 1.82) is 0 Å². The van der Waals surface area contributed by atoms with Gasteiger partial charge in [-0.05, 0) is 48.9 Å². The van der Waals surface area contributed by atoms with Crippen LogP contribution in [0.25, 0.3) is 0 Å². The van der Waals surface area contributed by atoms with Crippen molar-refractivity contribution < 1.29 is 24.2 Å². The van der Waals surface area contributed by atoms with Crippen molar-refractivity contribution >= 4 is 35.2 Å². The zero-order valence-electron chi connectivity index (χ0n) is 23.9. The van der Waals surface area contributed by atoms with Crippen molar-refractivity contribution in [3.63, 3.8) is 0 Å². The molecule has 7 nitrogen and oxygen atoms in total. The number of ether oxygens (including phenoxy) is 1. The van der Waals surface area contributed by atoms with Gasteiger partial charge in [-0.3, -0.25) is 14.4 Å². The number of aliphatic hydroxyl groups is 1. The predicted octanol–water partition coefficient (Wildman–Crippen LogP) is 4.62. The number of carbonyl (C=O) groups excluding carboxylic acids is 3. The average Bonchev–Trinajstić information content (AvgIpc) is 3.56. The molecule has 3 fully saturated rings. The molecule has 1 spiro atoms. The van der Waals surface area contributed by atoms with Crippen LogP contribution in [-0.2, 0) is 19.1 Å². The molecule has 2 bridgehead atoms. The summed E-state index contributed by atoms with van der Waals surface area (Å²) < 4.78 is 4.65. The molecule has 1 N–H and O–H groups in total. The summed E-state index contributed by atoms with van der Waals surface area (Å²) in [5.41, 5.74) is 3.43. The second-order valence-corrected chi connectivity index (χ2v) is 12.9. The lowest BCUT2D eigenvalue weighted by atomic mass is 9.66. The number of thioether (sulfide) groups is 1. The topological polar surface area (TPSA) is 87.1 Å². The molecular weight excluding hydrogens is 536 g/mol. The van der Waals surface area contributed by atoms with Gasteiger partial charge in [-0.2, -0.15) is 0 Å². The van der Waals surface area contributed by atoms with Crippen LogP contribution in [0.2, 0.25) is 0 Å². The van der Waals surface area contributed by atoms with Gasteiger partial charge < -0.3 is 19.6 Å². The first kappa shape index (κ1) is 29.1. The Morgan fingerprint density at radius 1 is 1.20 bits per heavy atom. The third-order valence-corrected chi connectivity index (χ3v) is 11.0. The Balaban J connectivity index is 1.68. The number of aliphatic hydroxyl groups excluding tert-OH is 1. The smallest absolute Gasteiger partial charge is 0.311 e. The van der Waals surface area contributed by atoms with E-state index in [0.29, 0.717) is 6.42 Å². The van der Waals surface area contributed by atoms with E-state index in [2.05, 4.69) is 20.1 Å². The van der Waals surface area contributed by atoms with Gasteiger partial charge in [0.1, 0.15) is 12.6 Å². The number of esters is 1. The van der Waals surface area contributed by atoms with E-state index in [1.165, 1.54) is 6.08 Å². The first-order chi connectivity index (χ1) is 19.7. The molecule has 2 amide bonds. The number of benzene rings is 2. The standard InChI is InChI=1S/C33H38N2O5S/c1-6-15-34(24-17-20(3)13-14-21(24)4)31(38)29-33-22(5)18-26(41-33)27(32(39)40-16-7-2)28(33)30(37)35(29)25(19-36)23-11-9-8-10-12-23/h6-14,17,22,25-29,36H,1-2,15-16,18-19H2,3-5H3/t22?,25-,26-,27+,28+,29?,33?/m1/s1. The molecule has 2 aromatic rings. The van der Waals surface area contributed by atoms with Crippen LogP contribution < -0.4 is 4.90 Å². The van der Waals surface area contributed by atoms with E-state index < -0.39 is 34.6 Å². The maximum atomic E-state index is 15.0. The molecule has 7 atom stereocenters. The van der Waals surface area contributed by atoms with Crippen LogP contribution in [-0.4, -0.2) is 63.6 Å². The largest absolute Gasteiger partial charge is 0.461 e. The van der Waals surface area contributed by atoms with Gasteiger partial charge in [0.15, 0.2) is 0 Å². The van der Waals surface area contributed by atoms with E-state index in [0.717, 1.165) is 22.4 Å². The molecule has 3 saturated heterocycles. The van der Waals surface area contributed by atoms with Crippen molar-refractivity contribution in [2.24, 2.45) is 17.8 Å². The van der Waals surface area contributed by atoms with Crippen molar-refractivity contribution in [2.45, 2.75) is 49.3 Å². The minimum absolute atomic E-state index is 0.0202. The lowest BCUT2D eigenvalue weighted by Gasteiger charge is -2.42. The Kier molecular flexibility index (Phi) is 8.17. The van der Waals surface area contributed by atoms with E-state index in [-0.39, 0.29) is 42.7 Å². The summed E-state index contributed by atoms with van der Waals surface area (Å²) in [6.07, 6.45) is 3.90. The highest BCUT2D eigenvalue weighted by Crippen LogP contribution is 2.69. The number of nitrogens with zero attached hydrogens (tertiary/aromatic N) is 2. The average molecular weight is 575 g/mol. The SMILES string of the molecule is C=CCOC(=O)[C@@H]1[C@H]2C(=O)N([C@H](CO)c3ccccc3)C(C(=O)N(CC=C)c3cc(C)ccc3C)C23S[C@@H]1CC3C. The van der Waals surface area contributed by atoms with Gasteiger partial charge in [0, 0.05) is 17.5 Å². The summed E-state index contributed by atoms with van der Waals surface area (Å²) in [4.78, 5) is 46.3. The number of carbonyl (C=O) groups is 3. The van der Waals surface area contributed by atoms with Gasteiger partial charge in [0.25, 0.3) is 5.91 Å². The maximum Gasteiger partial charge on any atom is 0.311 e. The molecule has 8 heteroatoms. The molecule has 0 aliphatic carbocycles. The van der Waals surface area contributed by atoms with Crippen LogP contribution in [0.15, 0.2) is 73.8 Å². The van der Waals surface area contributed by atoms with E-state index in [4.69, 9.17) is 4.74 Å². The fourth-order valence-corrected chi connectivity index (χ4v) is 9.59. The van der Waals surface area contributed by atoms with Gasteiger partial charge in [-0.15, -0.1) is 18.3 Å². The second kappa shape index (κ2) is 11.5. The lowest BCUT2D eigenvalue weighted by molar-refractivity contribution is -0.154. The normalized spacial score (nSPS) is 28.7. The molecule has 0 radical (unpaired) electrons. The highest BCUT2D eigenvalue weighted by atomic mass is 32.2. The molecule has 3 heterocycles. The third kappa shape index (κ3) is 4.61. The highest BCUT2D eigenvalue weighted by molar-refractivity contribution is 8.02. The van der Waals surface area contributed by atoms with Crippen molar-refractivity contribution in [1.82, 2.24) is 4.90 Å². The van der Waals surface area contributed by atoms with E-state index in [9.17, 15) is 19.5 Å². The molecule has 0 aromatic heterocycles. The van der Waals surface area contributed by atoms with Crippen molar-refractivity contribution in [3.8, 4) is 0 Å². The summed E-state index contributed by atoms with van der Waals surface area (Å²) >= 11 is 1.59. The van der Waals surface area contributed by atoms with Crippen LogP contribution in [0.4, 0.5) is 5.69 Å². The van der Waals surface area contributed by atoms with Gasteiger partial charge in [-0.25, -0.2) is 0 Å². The highest BCUT2D eigenvalue weighted by Gasteiger charge is 2.77. The van der Waals surface area contributed by atoms with Crippen LogP contribution in [0.5, 0.6) is 0 Å². The quantitative estimate of drug-likeness (QED) is 0.329. The van der Waals surface area contributed by atoms with Gasteiger partial charge >= 0.3 is 5.97 Å². The molecule has 41 heavy (non-hydrogen) atoms. The maximum absolute atomic E-state index is 15.0. The van der Waals surface area contributed by atoms with E-state index in [1.807, 2.05) is 62.4 Å². The number of hydrogen-bond acceptors (Lipinski definition) is 6. The van der Waals surface area contributed by atoms with Crippen molar-refractivity contribution in [2.75, 3.05) is 24.7 Å². The first-order valence-corrected chi connectivity index (χ1v) is 15.0. The lowest BCUT2D eigenvalue weighted by Crippen LogP contribution is -2.58. The molecule has 216 valence electrons. The van der Waals surface area contributed by atoms with Crippen LogP contribution in [0.3, 0.4) is 0 Å². The molecule has 3 aliphatic rings. The summed E-state index contributed by atoms with van der Waals surface area (Å²) in [5, 5.41) is 10.6. The van der Waals surface area contributed by atoms with Gasteiger partial charge in [0.2, 0.25) is 5.91 Å². The third-order valence-electron chi connectivity index (χ3n) is 8.96. The summed E-state index contributed by atoms with van der Waals surface area (Å²) in [6, 6.07) is 13.6. The number of fused-ring (bicyclic) bond motifs is 1. The second-order valence-electron chi connectivity index (χ2n) is 11.4. The van der Waals surface area contributed by atoms with Crippen LogP contribution in [0, 0.1) is 31.6 Å². The van der Waals surface area contributed by atoms with Gasteiger partial charge in [-0.1, -0.05) is 68.1 Å². The molecule has 3 unspecified atom stereocenters. The number of anilines is 1. The Labute approximate surface area is 246 Å². The van der Waals surface area contributed by atoms with E-state index >= 15 is 0 Å². The Morgan fingerprint density at radius 3 is 2.59 bits per heavy atom.